The molecule has 1 heterocycles. The maximum atomic E-state index is 9.68. The first kappa shape index (κ1) is 12.2. The van der Waals surface area contributed by atoms with Gasteiger partial charge in [0.15, 0.2) is 0 Å². The maximum Gasteiger partial charge on any atom is 0.222 e. The molecule has 1 aromatic heterocycles. The molecule has 84 valence electrons. The fraction of sp³-hybridized carbons (Fsp3) is 0.556. The third kappa shape index (κ3) is 3.64. The number of hydrogen-bond acceptors (Lipinski definition) is 5. The summed E-state index contributed by atoms with van der Waals surface area (Å²) in [5.41, 5.74) is 4.71. The molecule has 5 nitrogen and oxygen atoms in total. The molecule has 0 unspecified atom stereocenters. The summed E-state index contributed by atoms with van der Waals surface area (Å²) in [6.07, 6.45) is 1.60. The van der Waals surface area contributed by atoms with Crippen LogP contribution in [0.5, 0.6) is 0 Å². The van der Waals surface area contributed by atoms with E-state index in [1.165, 1.54) is 0 Å². The topological polar surface area (TPSA) is 75.3 Å². The van der Waals surface area contributed by atoms with E-state index < -0.39 is 5.60 Å². The van der Waals surface area contributed by atoms with Gasteiger partial charge in [0.2, 0.25) is 5.95 Å². The van der Waals surface area contributed by atoms with Crippen molar-refractivity contribution < 1.29 is 5.11 Å². The second kappa shape index (κ2) is 4.32. The van der Waals surface area contributed by atoms with E-state index in [1.54, 1.807) is 20.0 Å². The molecular formula is C9H15BrN4O. The number of nitrogens with zero attached hydrogens (tertiary/aromatic N) is 3. The molecule has 0 atom stereocenters. The summed E-state index contributed by atoms with van der Waals surface area (Å²) in [7, 11) is 1.84. The van der Waals surface area contributed by atoms with Gasteiger partial charge in [-0.3, -0.25) is 0 Å². The molecule has 0 fully saturated rings. The van der Waals surface area contributed by atoms with E-state index >= 15 is 0 Å². The van der Waals surface area contributed by atoms with E-state index in [1.807, 2.05) is 11.9 Å². The number of halogens is 1. The number of aromatic nitrogens is 2. The number of nitrogens with two attached hydrogens (primary N) is 1. The van der Waals surface area contributed by atoms with Crippen molar-refractivity contribution in [3.63, 3.8) is 0 Å². The fourth-order valence-electron chi connectivity index (χ4n) is 1.29. The predicted molar refractivity (Wildman–Crippen MR) is 63.7 cm³/mol. The SMILES string of the molecule is CN(CC(C)(C)O)c1nc(N)ncc1Br. The van der Waals surface area contributed by atoms with Crippen LogP contribution in [0, 0.1) is 0 Å². The molecule has 3 N–H and O–H groups in total. The first-order valence-electron chi connectivity index (χ1n) is 4.51. The van der Waals surface area contributed by atoms with Crippen molar-refractivity contribution in [2.75, 3.05) is 24.2 Å². The Labute approximate surface area is 97.5 Å². The van der Waals surface area contributed by atoms with Gasteiger partial charge >= 0.3 is 0 Å². The number of anilines is 2. The molecule has 0 aliphatic rings. The molecule has 0 radical (unpaired) electrons. The molecule has 0 bridgehead atoms. The van der Waals surface area contributed by atoms with Crippen LogP contribution in [-0.4, -0.2) is 34.3 Å². The van der Waals surface area contributed by atoms with E-state index in [4.69, 9.17) is 5.73 Å². The lowest BCUT2D eigenvalue weighted by molar-refractivity contribution is 0.0884. The normalized spacial score (nSPS) is 11.5. The first-order chi connectivity index (χ1) is 6.79. The summed E-state index contributed by atoms with van der Waals surface area (Å²) >= 11 is 3.33. The van der Waals surface area contributed by atoms with Crippen molar-refractivity contribution in [3.8, 4) is 0 Å². The van der Waals surface area contributed by atoms with Crippen LogP contribution in [0.4, 0.5) is 11.8 Å². The molecule has 0 spiro atoms. The lowest BCUT2D eigenvalue weighted by atomic mass is 10.1. The number of rotatable bonds is 3. The summed E-state index contributed by atoms with van der Waals surface area (Å²) in [5, 5.41) is 9.68. The standard InChI is InChI=1S/C9H15BrN4O/c1-9(2,15)5-14(3)7-6(10)4-12-8(11)13-7/h4,15H,5H2,1-3H3,(H2,11,12,13). The summed E-state index contributed by atoms with van der Waals surface area (Å²) in [5.74, 6) is 0.889. The van der Waals surface area contributed by atoms with Gasteiger partial charge in [-0.05, 0) is 29.8 Å². The van der Waals surface area contributed by atoms with Crippen LogP contribution in [0.2, 0.25) is 0 Å². The zero-order chi connectivity index (χ0) is 11.6. The van der Waals surface area contributed by atoms with E-state index in [0.29, 0.717) is 12.4 Å². The number of aliphatic hydroxyl groups is 1. The van der Waals surface area contributed by atoms with Crippen molar-refractivity contribution >= 4 is 27.7 Å². The Kier molecular flexibility index (Phi) is 3.51. The average Bonchev–Trinajstić information content (AvgIpc) is 2.06. The van der Waals surface area contributed by atoms with Crippen molar-refractivity contribution in [1.29, 1.82) is 0 Å². The second-order valence-electron chi connectivity index (χ2n) is 4.07. The molecule has 6 heteroatoms. The predicted octanol–water partition coefficient (Wildman–Crippen LogP) is 1.03. The van der Waals surface area contributed by atoms with Crippen molar-refractivity contribution in [2.24, 2.45) is 0 Å². The minimum absolute atomic E-state index is 0.218. The molecule has 0 amide bonds. The second-order valence-corrected chi connectivity index (χ2v) is 4.92. The van der Waals surface area contributed by atoms with Crippen LogP contribution in [-0.2, 0) is 0 Å². The van der Waals surface area contributed by atoms with Gasteiger partial charge in [-0.25, -0.2) is 4.98 Å². The van der Waals surface area contributed by atoms with Crippen LogP contribution in [0.15, 0.2) is 10.7 Å². The highest BCUT2D eigenvalue weighted by molar-refractivity contribution is 9.10. The Hall–Kier alpha value is -0.880. The molecule has 0 aliphatic heterocycles. The van der Waals surface area contributed by atoms with Crippen LogP contribution in [0.25, 0.3) is 0 Å². The lowest BCUT2D eigenvalue weighted by Gasteiger charge is -2.26. The average molecular weight is 275 g/mol. The summed E-state index contributed by atoms with van der Waals surface area (Å²) in [4.78, 5) is 9.76. The van der Waals surface area contributed by atoms with Gasteiger partial charge in [0, 0.05) is 19.8 Å². The van der Waals surface area contributed by atoms with Gasteiger partial charge in [-0.2, -0.15) is 4.98 Å². The number of likely N-dealkylation sites (N-methyl/N-ethyl adjacent to an activating group) is 1. The summed E-state index contributed by atoms with van der Waals surface area (Å²) in [6.45, 7) is 3.94. The van der Waals surface area contributed by atoms with Gasteiger partial charge in [-0.1, -0.05) is 0 Å². The molecule has 15 heavy (non-hydrogen) atoms. The van der Waals surface area contributed by atoms with E-state index in [0.717, 1.165) is 4.47 Å². The van der Waals surface area contributed by atoms with Crippen LogP contribution >= 0.6 is 15.9 Å². The Bertz CT molecular complexity index is 350. The Morgan fingerprint density at radius 3 is 2.73 bits per heavy atom. The molecule has 0 aliphatic carbocycles. The monoisotopic (exact) mass is 274 g/mol. The highest BCUT2D eigenvalue weighted by Crippen LogP contribution is 2.23. The van der Waals surface area contributed by atoms with Crippen molar-refractivity contribution in [1.82, 2.24) is 9.97 Å². The minimum Gasteiger partial charge on any atom is -0.389 e. The van der Waals surface area contributed by atoms with Gasteiger partial charge < -0.3 is 15.7 Å². The van der Waals surface area contributed by atoms with Crippen LogP contribution in [0.3, 0.4) is 0 Å². The molecular weight excluding hydrogens is 260 g/mol. The van der Waals surface area contributed by atoms with E-state index in [9.17, 15) is 5.11 Å². The van der Waals surface area contributed by atoms with Crippen molar-refractivity contribution in [3.05, 3.63) is 10.7 Å². The minimum atomic E-state index is -0.784. The third-order valence-electron chi connectivity index (χ3n) is 1.73. The Morgan fingerprint density at radius 1 is 1.60 bits per heavy atom. The highest BCUT2D eigenvalue weighted by atomic mass is 79.9. The quantitative estimate of drug-likeness (QED) is 0.861. The smallest absolute Gasteiger partial charge is 0.222 e. The maximum absolute atomic E-state index is 9.68. The van der Waals surface area contributed by atoms with Gasteiger partial charge in [0.1, 0.15) is 5.82 Å². The summed E-state index contributed by atoms with van der Waals surface area (Å²) in [6, 6.07) is 0. The largest absolute Gasteiger partial charge is 0.389 e. The Morgan fingerprint density at radius 2 is 2.20 bits per heavy atom. The molecule has 1 rings (SSSR count). The number of hydrogen-bond donors (Lipinski definition) is 2. The van der Waals surface area contributed by atoms with Gasteiger partial charge in [0.25, 0.3) is 0 Å². The molecule has 0 aromatic carbocycles. The number of nitrogen functional groups attached to an aromatic ring is 1. The zero-order valence-corrected chi connectivity index (χ0v) is 10.6. The van der Waals surface area contributed by atoms with Crippen LogP contribution < -0.4 is 10.6 Å². The third-order valence-corrected chi connectivity index (χ3v) is 2.29. The summed E-state index contributed by atoms with van der Waals surface area (Å²) < 4.78 is 0.753. The Balaban J connectivity index is 2.90. The molecule has 0 saturated heterocycles. The fourth-order valence-corrected chi connectivity index (χ4v) is 1.79. The lowest BCUT2D eigenvalue weighted by Crippen LogP contribution is -2.36. The first-order valence-corrected chi connectivity index (χ1v) is 5.30. The van der Waals surface area contributed by atoms with Crippen molar-refractivity contribution in [2.45, 2.75) is 19.4 Å². The molecule has 1 aromatic rings. The van der Waals surface area contributed by atoms with Crippen LogP contribution in [0.1, 0.15) is 13.8 Å². The highest BCUT2D eigenvalue weighted by Gasteiger charge is 2.18. The van der Waals surface area contributed by atoms with Gasteiger partial charge in [0.05, 0.1) is 10.1 Å². The zero-order valence-electron chi connectivity index (χ0n) is 9.03. The van der Waals surface area contributed by atoms with E-state index in [-0.39, 0.29) is 5.95 Å². The molecule has 0 saturated carbocycles. The van der Waals surface area contributed by atoms with E-state index in [2.05, 4.69) is 25.9 Å². The van der Waals surface area contributed by atoms with Gasteiger partial charge in [-0.15, -0.1) is 0 Å².